The van der Waals surface area contributed by atoms with E-state index < -0.39 is 29.1 Å². The van der Waals surface area contributed by atoms with E-state index >= 15 is 0 Å². The van der Waals surface area contributed by atoms with Crippen LogP contribution in [-0.4, -0.2) is 31.8 Å². The number of carbonyl (C=O) groups excluding carboxylic acids is 2. The van der Waals surface area contributed by atoms with Gasteiger partial charge in [-0.15, -0.1) is 0 Å². The topological polar surface area (TPSA) is 80.1 Å². The number of nitrogens with one attached hydrogen (secondary N) is 1. The molecule has 3 amide bonds. The second-order valence-corrected chi connectivity index (χ2v) is 6.53. The van der Waals surface area contributed by atoms with Gasteiger partial charge >= 0.3 is 6.03 Å². The molecule has 1 atom stereocenters. The van der Waals surface area contributed by atoms with Gasteiger partial charge in [0.25, 0.3) is 5.91 Å². The number of nitrogens with zero attached hydrogens (tertiary/aromatic N) is 4. The molecule has 1 N–H and O–H groups in total. The molecule has 9 heteroatoms. The zero-order valence-electron chi connectivity index (χ0n) is 14.8. The van der Waals surface area contributed by atoms with E-state index in [0.717, 1.165) is 28.8 Å². The van der Waals surface area contributed by atoms with Crippen molar-refractivity contribution in [2.45, 2.75) is 19.0 Å². The Morgan fingerprint density at radius 2 is 1.86 bits per heavy atom. The number of imide groups is 1. The summed E-state index contributed by atoms with van der Waals surface area (Å²) in [6.45, 7) is 1.19. The highest BCUT2D eigenvalue weighted by Gasteiger charge is 2.50. The van der Waals surface area contributed by atoms with Crippen LogP contribution in [0, 0.1) is 11.6 Å². The van der Waals surface area contributed by atoms with Crippen LogP contribution >= 0.6 is 0 Å². The van der Waals surface area contributed by atoms with E-state index in [9.17, 15) is 18.4 Å². The third-order valence-corrected chi connectivity index (χ3v) is 4.59. The van der Waals surface area contributed by atoms with Gasteiger partial charge in [0, 0.05) is 5.56 Å². The Hall–Kier alpha value is -3.62. The maximum Gasteiger partial charge on any atom is 0.325 e. The van der Waals surface area contributed by atoms with E-state index in [2.05, 4.69) is 15.5 Å². The lowest BCUT2D eigenvalue weighted by atomic mass is 9.91. The highest BCUT2D eigenvalue weighted by Crippen LogP contribution is 2.31. The predicted molar refractivity (Wildman–Crippen MR) is 94.2 cm³/mol. The summed E-state index contributed by atoms with van der Waals surface area (Å²) in [6.07, 6.45) is 1.44. The van der Waals surface area contributed by atoms with E-state index in [4.69, 9.17) is 0 Å². The molecule has 1 saturated heterocycles. The minimum Gasteiger partial charge on any atom is -0.319 e. The van der Waals surface area contributed by atoms with E-state index in [0.29, 0.717) is 5.69 Å². The lowest BCUT2D eigenvalue weighted by Gasteiger charge is -2.22. The Morgan fingerprint density at radius 1 is 1.11 bits per heavy atom. The van der Waals surface area contributed by atoms with Crippen LogP contribution in [0.25, 0.3) is 5.69 Å². The van der Waals surface area contributed by atoms with Gasteiger partial charge in [0.05, 0.1) is 18.4 Å². The minimum absolute atomic E-state index is 0.149. The molecule has 1 aliphatic rings. The molecule has 0 aliphatic carbocycles. The highest BCUT2D eigenvalue weighted by atomic mass is 19.1. The molecule has 0 spiro atoms. The van der Waals surface area contributed by atoms with E-state index in [1.165, 1.54) is 17.9 Å². The van der Waals surface area contributed by atoms with Crippen LogP contribution in [0.2, 0.25) is 0 Å². The molecule has 2 heterocycles. The van der Waals surface area contributed by atoms with Crippen molar-refractivity contribution < 1.29 is 18.4 Å². The third-order valence-electron chi connectivity index (χ3n) is 4.59. The van der Waals surface area contributed by atoms with Crippen molar-refractivity contribution in [3.05, 3.63) is 77.6 Å². The van der Waals surface area contributed by atoms with Gasteiger partial charge in [0.2, 0.25) is 0 Å². The number of hydrogen-bond acceptors (Lipinski definition) is 4. The monoisotopic (exact) mass is 383 g/mol. The fraction of sp³-hybridized carbons (Fsp3) is 0.158. The number of aromatic nitrogens is 3. The molecule has 1 aromatic heterocycles. The van der Waals surface area contributed by atoms with Crippen molar-refractivity contribution in [2.75, 3.05) is 0 Å². The van der Waals surface area contributed by atoms with Crippen LogP contribution in [0.1, 0.15) is 18.2 Å². The van der Waals surface area contributed by atoms with Gasteiger partial charge in [-0.25, -0.2) is 13.6 Å². The number of benzene rings is 2. The van der Waals surface area contributed by atoms with Crippen molar-refractivity contribution in [3.63, 3.8) is 0 Å². The second kappa shape index (κ2) is 6.52. The fourth-order valence-corrected chi connectivity index (χ4v) is 3.12. The zero-order valence-corrected chi connectivity index (χ0v) is 14.8. The van der Waals surface area contributed by atoms with Gasteiger partial charge in [-0.1, -0.05) is 18.2 Å². The SMILES string of the molecule is CC1(c2cc(F)ccc2F)NC(=O)N(Cc2cnn(-c3ccccc3)n2)C1=O. The van der Waals surface area contributed by atoms with Crippen LogP contribution < -0.4 is 5.32 Å². The molecule has 4 rings (SSSR count). The predicted octanol–water partition coefficient (Wildman–Crippen LogP) is 2.51. The van der Waals surface area contributed by atoms with Crippen molar-refractivity contribution in [2.24, 2.45) is 0 Å². The summed E-state index contributed by atoms with van der Waals surface area (Å²) in [5, 5.41) is 10.8. The molecule has 0 bridgehead atoms. The molecule has 2 aromatic carbocycles. The standard InChI is InChI=1S/C19H15F2N5O2/c1-19(15-9-12(20)7-8-16(15)21)17(27)25(18(28)23-19)11-13-10-22-26(24-13)14-5-3-2-4-6-14/h2-10H,11H2,1H3,(H,23,28). The van der Waals surface area contributed by atoms with Gasteiger partial charge in [0.1, 0.15) is 22.9 Å². The molecule has 1 unspecified atom stereocenters. The smallest absolute Gasteiger partial charge is 0.319 e. The molecule has 1 aliphatic heterocycles. The van der Waals surface area contributed by atoms with Crippen LogP contribution in [0.5, 0.6) is 0 Å². The average molecular weight is 383 g/mol. The van der Waals surface area contributed by atoms with Crippen LogP contribution in [0.15, 0.2) is 54.7 Å². The Balaban J connectivity index is 1.60. The molecule has 0 radical (unpaired) electrons. The normalized spacial score (nSPS) is 19.2. The summed E-state index contributed by atoms with van der Waals surface area (Å²) in [5.74, 6) is -2.19. The van der Waals surface area contributed by atoms with Gasteiger partial charge in [0.15, 0.2) is 0 Å². The number of rotatable bonds is 4. The van der Waals surface area contributed by atoms with E-state index in [-0.39, 0.29) is 12.1 Å². The van der Waals surface area contributed by atoms with Gasteiger partial charge in [-0.05, 0) is 37.3 Å². The number of carbonyl (C=O) groups is 2. The lowest BCUT2D eigenvalue weighted by molar-refractivity contribution is -0.131. The summed E-state index contributed by atoms with van der Waals surface area (Å²) in [5.41, 5.74) is -0.853. The Morgan fingerprint density at radius 3 is 2.61 bits per heavy atom. The third kappa shape index (κ3) is 2.90. The first-order valence-electron chi connectivity index (χ1n) is 8.45. The number of para-hydroxylation sites is 1. The first kappa shape index (κ1) is 17.8. The number of hydrogen-bond donors (Lipinski definition) is 1. The largest absolute Gasteiger partial charge is 0.325 e. The average Bonchev–Trinajstić information content (AvgIpc) is 3.24. The van der Waals surface area contributed by atoms with Crippen molar-refractivity contribution >= 4 is 11.9 Å². The maximum atomic E-state index is 14.2. The molecular weight excluding hydrogens is 368 g/mol. The highest BCUT2D eigenvalue weighted by molar-refractivity contribution is 6.07. The molecular formula is C19H15F2N5O2. The first-order valence-corrected chi connectivity index (χ1v) is 8.45. The molecule has 7 nitrogen and oxygen atoms in total. The number of halogens is 2. The Bertz CT molecular complexity index is 1070. The minimum atomic E-state index is -1.71. The molecule has 28 heavy (non-hydrogen) atoms. The van der Waals surface area contributed by atoms with E-state index in [1.807, 2.05) is 18.2 Å². The first-order chi connectivity index (χ1) is 13.4. The molecule has 3 aromatic rings. The van der Waals surface area contributed by atoms with Gasteiger partial charge < -0.3 is 5.32 Å². The molecule has 0 saturated carbocycles. The van der Waals surface area contributed by atoms with Crippen LogP contribution in [-0.2, 0) is 16.9 Å². The van der Waals surface area contributed by atoms with Crippen LogP contribution in [0.3, 0.4) is 0 Å². The van der Waals surface area contributed by atoms with Crippen molar-refractivity contribution in [1.82, 2.24) is 25.2 Å². The quantitative estimate of drug-likeness (QED) is 0.702. The molecule has 1 fully saturated rings. The fourth-order valence-electron chi connectivity index (χ4n) is 3.12. The number of urea groups is 1. The maximum absolute atomic E-state index is 14.2. The zero-order chi connectivity index (χ0) is 19.9. The summed E-state index contributed by atoms with van der Waals surface area (Å²) in [4.78, 5) is 27.5. The lowest BCUT2D eigenvalue weighted by Crippen LogP contribution is -2.41. The number of amides is 3. The summed E-state index contributed by atoms with van der Waals surface area (Å²) >= 11 is 0. The summed E-state index contributed by atoms with van der Waals surface area (Å²) < 4.78 is 27.8. The van der Waals surface area contributed by atoms with Crippen LogP contribution in [0.4, 0.5) is 13.6 Å². The second-order valence-electron chi connectivity index (χ2n) is 6.53. The van der Waals surface area contributed by atoms with Crippen molar-refractivity contribution in [3.8, 4) is 5.69 Å². The van der Waals surface area contributed by atoms with E-state index in [1.54, 1.807) is 12.1 Å². The van der Waals surface area contributed by atoms with Crippen molar-refractivity contribution in [1.29, 1.82) is 0 Å². The van der Waals surface area contributed by atoms with Gasteiger partial charge in [-0.3, -0.25) is 9.69 Å². The Kier molecular flexibility index (Phi) is 4.14. The molecule has 142 valence electrons. The summed E-state index contributed by atoms with van der Waals surface area (Å²) in [6, 6.07) is 11.2. The summed E-state index contributed by atoms with van der Waals surface area (Å²) in [7, 11) is 0. The Labute approximate surface area is 158 Å². The van der Waals surface area contributed by atoms with Gasteiger partial charge in [-0.2, -0.15) is 15.0 Å².